The summed E-state index contributed by atoms with van der Waals surface area (Å²) in [5.74, 6) is 1.24. The molecule has 2 N–H and O–H groups in total. The Morgan fingerprint density at radius 1 is 1.13 bits per heavy atom. The summed E-state index contributed by atoms with van der Waals surface area (Å²) in [6.07, 6.45) is 2.66. The molecule has 1 aromatic heterocycles. The predicted molar refractivity (Wildman–Crippen MR) is 135 cm³/mol. The van der Waals surface area contributed by atoms with Crippen LogP contribution in [0.1, 0.15) is 24.6 Å². The average Bonchev–Trinajstić information content (AvgIpc) is 3.26. The molecule has 0 atom stereocenters. The summed E-state index contributed by atoms with van der Waals surface area (Å²) in [4.78, 5) is 6.47. The SMILES string of the molecule is CCNC(=NCC1CCN(S(=O)(=O)c2ccccc2)CC1)NCCc1cccs1.I. The number of hydrogen-bond donors (Lipinski definition) is 2. The highest BCUT2D eigenvalue weighted by Crippen LogP contribution is 2.23. The van der Waals surface area contributed by atoms with E-state index >= 15 is 0 Å². The van der Waals surface area contributed by atoms with Crippen molar-refractivity contribution in [3.8, 4) is 0 Å². The second-order valence-electron chi connectivity index (χ2n) is 7.14. The van der Waals surface area contributed by atoms with Crippen LogP contribution in [0.15, 0.2) is 57.7 Å². The van der Waals surface area contributed by atoms with Crippen molar-refractivity contribution < 1.29 is 8.42 Å². The Morgan fingerprint density at radius 3 is 2.50 bits per heavy atom. The lowest BCUT2D eigenvalue weighted by atomic mass is 9.98. The first-order chi connectivity index (χ1) is 14.1. The van der Waals surface area contributed by atoms with Gasteiger partial charge in [-0.2, -0.15) is 4.31 Å². The van der Waals surface area contributed by atoms with Gasteiger partial charge in [-0.3, -0.25) is 4.99 Å². The van der Waals surface area contributed by atoms with Crippen molar-refractivity contribution in [2.24, 2.45) is 10.9 Å². The first kappa shape index (κ1) is 25.1. The van der Waals surface area contributed by atoms with Gasteiger partial charge in [-0.25, -0.2) is 8.42 Å². The molecule has 9 heteroatoms. The minimum atomic E-state index is -3.39. The van der Waals surface area contributed by atoms with Crippen molar-refractivity contribution in [2.75, 3.05) is 32.7 Å². The Labute approximate surface area is 201 Å². The number of sulfonamides is 1. The molecule has 1 fully saturated rings. The van der Waals surface area contributed by atoms with Gasteiger partial charge < -0.3 is 10.6 Å². The lowest BCUT2D eigenvalue weighted by Gasteiger charge is -2.30. The Kier molecular flexibility index (Phi) is 10.6. The normalized spacial score (nSPS) is 16.1. The van der Waals surface area contributed by atoms with Gasteiger partial charge in [-0.15, -0.1) is 35.3 Å². The smallest absolute Gasteiger partial charge is 0.243 e. The highest BCUT2D eigenvalue weighted by atomic mass is 127. The van der Waals surface area contributed by atoms with Crippen LogP contribution in [0, 0.1) is 5.92 Å². The molecule has 2 aromatic rings. The van der Waals surface area contributed by atoms with Gasteiger partial charge in [0.15, 0.2) is 5.96 Å². The minimum Gasteiger partial charge on any atom is -0.357 e. The van der Waals surface area contributed by atoms with Gasteiger partial charge in [0.1, 0.15) is 0 Å². The summed E-state index contributed by atoms with van der Waals surface area (Å²) in [5.41, 5.74) is 0. The molecule has 3 rings (SSSR count). The summed E-state index contributed by atoms with van der Waals surface area (Å²) >= 11 is 1.77. The minimum absolute atomic E-state index is 0. The van der Waals surface area contributed by atoms with Gasteiger partial charge in [0.25, 0.3) is 0 Å². The van der Waals surface area contributed by atoms with Crippen molar-refractivity contribution in [3.63, 3.8) is 0 Å². The molecule has 166 valence electrons. The molecule has 1 aliphatic rings. The van der Waals surface area contributed by atoms with E-state index in [0.717, 1.165) is 38.3 Å². The number of hydrogen-bond acceptors (Lipinski definition) is 4. The topological polar surface area (TPSA) is 73.8 Å². The number of piperidine rings is 1. The van der Waals surface area contributed by atoms with Crippen LogP contribution in [0.5, 0.6) is 0 Å². The van der Waals surface area contributed by atoms with E-state index in [4.69, 9.17) is 4.99 Å². The van der Waals surface area contributed by atoms with Gasteiger partial charge in [0.2, 0.25) is 10.0 Å². The quantitative estimate of drug-likeness (QED) is 0.293. The van der Waals surface area contributed by atoms with Crippen molar-refractivity contribution in [1.82, 2.24) is 14.9 Å². The molecule has 30 heavy (non-hydrogen) atoms. The van der Waals surface area contributed by atoms with Crippen molar-refractivity contribution >= 4 is 51.3 Å². The highest BCUT2D eigenvalue weighted by molar-refractivity contribution is 14.0. The molecule has 0 saturated carbocycles. The lowest BCUT2D eigenvalue weighted by Crippen LogP contribution is -2.40. The van der Waals surface area contributed by atoms with Crippen molar-refractivity contribution in [2.45, 2.75) is 31.1 Å². The second kappa shape index (κ2) is 12.6. The van der Waals surface area contributed by atoms with Crippen molar-refractivity contribution in [3.05, 3.63) is 52.7 Å². The third-order valence-corrected chi connectivity index (χ3v) is 7.90. The number of aliphatic imine (C=N–C) groups is 1. The molecule has 0 aliphatic carbocycles. The number of nitrogens with one attached hydrogen (secondary N) is 2. The van der Waals surface area contributed by atoms with Crippen molar-refractivity contribution in [1.29, 1.82) is 0 Å². The maximum Gasteiger partial charge on any atom is 0.243 e. The van der Waals surface area contributed by atoms with Crippen LogP contribution in [0.25, 0.3) is 0 Å². The number of benzene rings is 1. The zero-order valence-electron chi connectivity index (χ0n) is 17.3. The van der Waals surface area contributed by atoms with Crippen LogP contribution in [-0.4, -0.2) is 51.4 Å². The van der Waals surface area contributed by atoms with Gasteiger partial charge in [-0.05, 0) is 55.7 Å². The van der Waals surface area contributed by atoms with E-state index in [1.54, 1.807) is 39.9 Å². The van der Waals surface area contributed by atoms with E-state index in [-0.39, 0.29) is 24.0 Å². The third kappa shape index (κ3) is 7.21. The van der Waals surface area contributed by atoms with E-state index in [9.17, 15) is 8.42 Å². The number of halogens is 1. The molecular weight excluding hydrogens is 531 g/mol. The van der Waals surface area contributed by atoms with Crippen LogP contribution in [0.4, 0.5) is 0 Å². The molecule has 0 bridgehead atoms. The van der Waals surface area contributed by atoms with E-state index in [1.807, 2.05) is 6.07 Å². The molecule has 0 unspecified atom stereocenters. The molecule has 1 saturated heterocycles. The van der Waals surface area contributed by atoms with Gasteiger partial charge in [0, 0.05) is 37.6 Å². The average molecular weight is 563 g/mol. The fourth-order valence-electron chi connectivity index (χ4n) is 3.39. The summed E-state index contributed by atoms with van der Waals surface area (Å²) in [7, 11) is -3.39. The molecule has 1 aromatic carbocycles. The number of rotatable bonds is 8. The summed E-state index contributed by atoms with van der Waals surface area (Å²) < 4.78 is 27.1. The van der Waals surface area contributed by atoms with E-state index in [2.05, 4.69) is 35.1 Å². The third-order valence-electron chi connectivity index (χ3n) is 5.05. The monoisotopic (exact) mass is 562 g/mol. The van der Waals surface area contributed by atoms with Crippen LogP contribution in [0.2, 0.25) is 0 Å². The van der Waals surface area contributed by atoms with Crippen LogP contribution < -0.4 is 10.6 Å². The predicted octanol–water partition coefficient (Wildman–Crippen LogP) is 3.56. The molecule has 0 amide bonds. The molecule has 1 aliphatic heterocycles. The van der Waals surface area contributed by atoms with E-state index < -0.39 is 10.0 Å². The lowest BCUT2D eigenvalue weighted by molar-refractivity contribution is 0.278. The summed E-state index contributed by atoms with van der Waals surface area (Å²) in [6, 6.07) is 12.9. The number of thiophene rings is 1. The van der Waals surface area contributed by atoms with Gasteiger partial charge >= 0.3 is 0 Å². The molecule has 0 radical (unpaired) electrons. The first-order valence-electron chi connectivity index (χ1n) is 10.2. The first-order valence-corrected chi connectivity index (χ1v) is 12.5. The highest BCUT2D eigenvalue weighted by Gasteiger charge is 2.29. The fourth-order valence-corrected chi connectivity index (χ4v) is 5.59. The summed E-state index contributed by atoms with van der Waals surface area (Å²) in [6.45, 7) is 5.55. The van der Waals surface area contributed by atoms with Crippen LogP contribution >= 0.6 is 35.3 Å². The van der Waals surface area contributed by atoms with Crippen LogP contribution in [-0.2, 0) is 16.4 Å². The van der Waals surface area contributed by atoms with Crippen LogP contribution in [0.3, 0.4) is 0 Å². The standard InChI is InChI=1S/C21H30N4O2S2.HI/c1-2-22-21(23-13-10-19-7-6-16-28-19)24-17-18-11-14-25(15-12-18)29(26,27)20-8-4-3-5-9-20;/h3-9,16,18H,2,10-15,17H2,1H3,(H2,22,23,24);1H. The maximum absolute atomic E-state index is 12.7. The zero-order chi connectivity index (χ0) is 20.5. The second-order valence-corrected chi connectivity index (χ2v) is 10.1. The van der Waals surface area contributed by atoms with Gasteiger partial charge in [0.05, 0.1) is 4.90 Å². The fraction of sp³-hybridized carbons (Fsp3) is 0.476. The molecule has 2 heterocycles. The Balaban J connectivity index is 0.00000320. The molecule has 6 nitrogen and oxygen atoms in total. The Hall–Kier alpha value is -1.17. The number of guanidine groups is 1. The number of nitrogens with zero attached hydrogens (tertiary/aromatic N) is 2. The summed E-state index contributed by atoms with van der Waals surface area (Å²) in [5, 5.41) is 8.78. The Bertz CT molecular complexity index is 866. The largest absolute Gasteiger partial charge is 0.357 e. The molecule has 0 spiro atoms. The maximum atomic E-state index is 12.7. The zero-order valence-corrected chi connectivity index (χ0v) is 21.3. The van der Waals surface area contributed by atoms with Gasteiger partial charge in [-0.1, -0.05) is 24.3 Å². The van der Waals surface area contributed by atoms with E-state index in [0.29, 0.717) is 30.4 Å². The van der Waals surface area contributed by atoms with E-state index in [1.165, 1.54) is 4.88 Å². The molecular formula is C21H31IN4O2S2. The Morgan fingerprint density at radius 2 is 1.87 bits per heavy atom.